The average Bonchev–Trinajstić information content (AvgIpc) is 1.66. The number of aliphatic imine (C=N–C) groups is 1. The standard InChI is InChI=1S/2C16H15BrN4O2.2C14H13BrN4O.C14H11BrN4O.C11H12N2O2.C7H8BrNO3S.C4H8O.Al.Li.4H/c1-2-23-15(22)10-6-7-13-12(8-10)20-16(18)21(13)9-11-4-3-5-14(17)19-11;1-2-23-15(22)10-6-7-12-13(8-10)21(16(18)20-12)9-11-4-3-5-14(17)19-11;15-13-3-1-2-10(17-13)7-19-12-5-4-9(8-20)6-11(12)18-14(19)16;2*15-13-3-1-2-10(17-13)7-19-12-6-9(8-20)4-5-11(12)18-14(19)16;1-2-15-11(14)7-3-4-9-8(5-7)6-10(12)13-9;1-13(10,11)12-5-6-3-2-4-7(8)9-6;1-2-4-5-3-1;;;;;;/h2*3-8H,2,9H2,1H3,(H2,18,20);2*1-6,20H,7-8H2,(H2,16,18);1-6,8H,7H2,(H2,16,18);3-5H,2,6H2,1H3,(H2,12,13);2-4H,5H2,1H3;1-4H2;;;;;;/q;;;;;;;;;+1;;;;-1. The number of amidine groups is 1. The Balaban J connectivity index is 0.000000184. The summed E-state index contributed by atoms with van der Waals surface area (Å²) in [6.45, 7) is 10.9. The number of nitrogen functional groups attached to an aromatic ring is 5. The number of carbonyl (C=O) groups is 4. The number of pyridine rings is 6. The van der Waals surface area contributed by atoms with E-state index in [9.17, 15) is 32.7 Å². The third kappa shape index (κ3) is 32.0. The smallest absolute Gasteiger partial charge is 1.00 e. The second kappa shape index (κ2) is 53.7. The first-order valence-electron chi connectivity index (χ1n) is 42.9. The zero-order chi connectivity index (χ0) is 99.4. The van der Waals surface area contributed by atoms with Gasteiger partial charge in [-0.15, -0.1) is 0 Å². The zero-order valence-corrected chi connectivity index (χ0v) is 86.6. The normalized spacial score (nSPS) is 11.6. The minimum Gasteiger partial charge on any atom is -1.00 e. The third-order valence-electron chi connectivity index (χ3n) is 20.3. The number of ether oxygens (including phenoxy) is 4. The number of aromatic nitrogens is 16. The summed E-state index contributed by atoms with van der Waals surface area (Å²) in [6, 6.07) is 66.0. The number of aldehydes is 1. The van der Waals surface area contributed by atoms with Crippen LogP contribution in [0, 0.1) is 0 Å². The Morgan fingerprint density at radius 3 is 1.12 bits per heavy atom. The van der Waals surface area contributed by atoms with Gasteiger partial charge in [0.2, 0.25) is 29.7 Å². The summed E-state index contributed by atoms with van der Waals surface area (Å²) in [5.74, 6) is 1.61. The SMILES string of the molecule is C1CCOC1.CCOC(=O)c1ccc2c(c1)CC(N)=N2.CCOC(=O)c1ccc2c(c1)nc(N)n2Cc1cccc(Br)n1.CCOC(=O)c1ccc2nc(N)n(Cc3cccc(Br)n3)c2c1.CS(=O)(=O)OCc1cccc(Br)n1.Nc1nc2cc(CO)ccc2n1Cc1cccc(Br)n1.Nc1nc2ccc(C=O)cc2n1Cc1cccc(Br)n1.Nc1nc2ccc(CO)cc2n1Cc1cccc(Br)n1.[AlH3].[H-].[Li+]. The monoisotopic (exact) mass is 2320 g/mol. The van der Waals surface area contributed by atoms with E-state index in [2.05, 4.69) is 160 Å². The molecule has 0 atom stereocenters. The molecule has 6 aromatic carbocycles. The average molecular weight is 2330 g/mol. The second-order valence-electron chi connectivity index (χ2n) is 30.3. The van der Waals surface area contributed by atoms with Crippen molar-refractivity contribution in [3.63, 3.8) is 0 Å². The van der Waals surface area contributed by atoms with Gasteiger partial charge in [0.25, 0.3) is 10.1 Å². The Morgan fingerprint density at radius 2 is 0.730 bits per heavy atom. The largest absolute Gasteiger partial charge is 1.00 e. The summed E-state index contributed by atoms with van der Waals surface area (Å²) in [7, 11) is -3.39. The number of hydrogen-bond donors (Lipinski definition) is 8. The molecule has 11 aromatic heterocycles. The van der Waals surface area contributed by atoms with Crippen LogP contribution in [0.4, 0.5) is 35.4 Å². The molecule has 2 aliphatic rings. The van der Waals surface area contributed by atoms with Gasteiger partial charge >= 0.3 is 36.8 Å². The number of benzene rings is 6. The fraction of sp³-hybridized carbons (Fsp3) is 0.208. The van der Waals surface area contributed by atoms with Crippen molar-refractivity contribution in [1.29, 1.82) is 0 Å². The quantitative estimate of drug-likeness (QED) is 0.00780. The van der Waals surface area contributed by atoms with Crippen molar-refractivity contribution in [2.24, 2.45) is 10.7 Å². The molecule has 0 bridgehead atoms. The number of fused-ring (bicyclic) bond motifs is 6. The molecule has 0 spiro atoms. The second-order valence-corrected chi connectivity index (χ2v) is 36.8. The van der Waals surface area contributed by atoms with Gasteiger partial charge in [-0.05, 0) is 316 Å². The van der Waals surface area contributed by atoms with Crippen LogP contribution in [0.5, 0.6) is 0 Å². The van der Waals surface area contributed by atoms with E-state index in [1.807, 2.05) is 156 Å². The maximum Gasteiger partial charge on any atom is 1.00 e. The van der Waals surface area contributed by atoms with E-state index in [0.29, 0.717) is 133 Å². The number of imidazole rings is 5. The van der Waals surface area contributed by atoms with E-state index in [1.54, 1.807) is 106 Å². The van der Waals surface area contributed by atoms with Crippen LogP contribution in [-0.4, -0.2) is 183 Å². The molecule has 36 nitrogen and oxygen atoms in total. The van der Waals surface area contributed by atoms with Crippen LogP contribution in [0.25, 0.3) is 55.2 Å². The molecule has 2 aliphatic heterocycles. The van der Waals surface area contributed by atoms with Crippen molar-refractivity contribution in [1.82, 2.24) is 77.7 Å². The van der Waals surface area contributed by atoms with Gasteiger partial charge in [0, 0.05) is 25.2 Å². The maximum atomic E-state index is 11.9. The van der Waals surface area contributed by atoms with Gasteiger partial charge in [-0.25, -0.2) is 74.2 Å². The number of rotatable bonds is 22. The molecule has 0 unspecified atom stereocenters. The summed E-state index contributed by atoms with van der Waals surface area (Å²) in [5.41, 5.74) is 54.1. The number of aliphatic hydroxyl groups is 2. The van der Waals surface area contributed by atoms with Gasteiger partial charge in [-0.3, -0.25) is 8.98 Å². The first kappa shape index (κ1) is 111. The molecule has 728 valence electrons. The van der Waals surface area contributed by atoms with Gasteiger partial charge in [-0.1, -0.05) is 48.5 Å². The fourth-order valence-electron chi connectivity index (χ4n) is 13.9. The number of halogens is 6. The van der Waals surface area contributed by atoms with Crippen LogP contribution in [0.1, 0.15) is 127 Å². The van der Waals surface area contributed by atoms with E-state index in [4.69, 9.17) is 58.5 Å². The fourth-order valence-corrected chi connectivity index (χ4v) is 16.5. The van der Waals surface area contributed by atoms with Gasteiger partial charge in [0.05, 0.1) is 184 Å². The van der Waals surface area contributed by atoms with Crippen molar-refractivity contribution < 1.29 is 81.2 Å². The molecule has 141 heavy (non-hydrogen) atoms. The molecule has 13 heterocycles. The number of nitrogens with two attached hydrogens (primary N) is 6. The molecule has 17 aromatic rings. The van der Waals surface area contributed by atoms with Crippen molar-refractivity contribution in [2.75, 3.05) is 68.0 Å². The van der Waals surface area contributed by atoms with Gasteiger partial charge < -0.3 is 87.8 Å². The molecular weight excluding hydrogens is 2230 g/mol. The Morgan fingerprint density at radius 1 is 0.404 bits per heavy atom. The summed E-state index contributed by atoms with van der Waals surface area (Å²) in [6.07, 6.45) is 4.98. The summed E-state index contributed by atoms with van der Waals surface area (Å²) >= 11 is 19.9. The van der Waals surface area contributed by atoms with Crippen LogP contribution in [-0.2, 0) is 92.2 Å². The van der Waals surface area contributed by atoms with Gasteiger partial charge in [0.15, 0.2) is 17.4 Å². The van der Waals surface area contributed by atoms with Crippen molar-refractivity contribution >= 4 is 244 Å². The number of anilines is 5. The molecule has 14 N–H and O–H groups in total. The minimum atomic E-state index is -3.39. The predicted octanol–water partition coefficient (Wildman–Crippen LogP) is 12.7. The van der Waals surface area contributed by atoms with E-state index in [0.717, 1.165) is 149 Å². The molecular formula is C96H99AlBr6LiN23O13S. The van der Waals surface area contributed by atoms with Gasteiger partial charge in [-0.2, -0.15) is 8.42 Å². The van der Waals surface area contributed by atoms with E-state index in [-0.39, 0.29) is 75.4 Å². The molecule has 0 aliphatic carbocycles. The molecule has 45 heteroatoms. The molecule has 19 rings (SSSR count). The zero-order valence-electron chi connectivity index (χ0n) is 77.3. The first-order valence-corrected chi connectivity index (χ1v) is 49.4. The number of carbonyl (C=O) groups excluding carboxylic acids is 4. The van der Waals surface area contributed by atoms with Crippen LogP contribution in [0.3, 0.4) is 0 Å². The van der Waals surface area contributed by atoms with Gasteiger partial charge in [0.1, 0.15) is 46.3 Å². The molecule has 0 saturated carbocycles. The van der Waals surface area contributed by atoms with E-state index < -0.39 is 10.1 Å². The van der Waals surface area contributed by atoms with Crippen molar-refractivity contribution in [3.05, 3.63) is 319 Å². The summed E-state index contributed by atoms with van der Waals surface area (Å²) < 4.78 is 59.6. The molecule has 0 amide bonds. The number of esters is 3. The van der Waals surface area contributed by atoms with Crippen LogP contribution in [0.2, 0.25) is 0 Å². The van der Waals surface area contributed by atoms with Crippen molar-refractivity contribution in [2.45, 2.75) is 92.6 Å². The molecule has 0 radical (unpaired) electrons. The van der Waals surface area contributed by atoms with Crippen LogP contribution >= 0.6 is 95.6 Å². The maximum absolute atomic E-state index is 11.9. The van der Waals surface area contributed by atoms with Crippen molar-refractivity contribution in [3.8, 4) is 0 Å². The van der Waals surface area contributed by atoms with E-state index in [1.165, 1.54) is 12.8 Å². The molecule has 1 saturated heterocycles. The third-order valence-corrected chi connectivity index (χ3v) is 23.5. The topological polar surface area (TPSA) is 524 Å². The van der Waals surface area contributed by atoms with Crippen LogP contribution < -0.4 is 53.3 Å². The number of hydrogen-bond acceptors (Lipinski definition) is 31. The summed E-state index contributed by atoms with van der Waals surface area (Å²) in [5, 5.41) is 18.4. The Bertz CT molecular complexity index is 7400. The van der Waals surface area contributed by atoms with E-state index >= 15 is 0 Å². The Labute approximate surface area is 885 Å². The molecule has 1 fully saturated rings. The Hall–Kier alpha value is -12.1. The number of nitrogens with zero attached hydrogens (tertiary/aromatic N) is 17. The first-order chi connectivity index (χ1) is 66.8. The minimum absolute atomic E-state index is 0. The van der Waals surface area contributed by atoms with Crippen LogP contribution in [0.15, 0.2) is 251 Å². The Kier molecular flexibility index (Phi) is 42.2. The predicted molar refractivity (Wildman–Crippen MR) is 565 cm³/mol. The number of aliphatic hydroxyl groups excluding tert-OH is 2. The summed E-state index contributed by atoms with van der Waals surface area (Å²) in [4.78, 5) is 97.8.